The number of ether oxygens (including phenoxy) is 1. The van der Waals surface area contributed by atoms with Gasteiger partial charge in [0.15, 0.2) is 0 Å². The smallest absolute Gasteiger partial charge is 0.222 e. The van der Waals surface area contributed by atoms with Crippen LogP contribution in [0.1, 0.15) is 76.2 Å². The maximum absolute atomic E-state index is 13.1. The summed E-state index contributed by atoms with van der Waals surface area (Å²) < 4.78 is 5.37. The highest BCUT2D eigenvalue weighted by Crippen LogP contribution is 2.61. The highest BCUT2D eigenvalue weighted by atomic mass is 16.5. The second kappa shape index (κ2) is 8.96. The fraction of sp³-hybridized carbons (Fsp3) is 0.714. The van der Waals surface area contributed by atoms with Gasteiger partial charge in [0.25, 0.3) is 0 Å². The Kier molecular flexibility index (Phi) is 6.17. The Morgan fingerprint density at radius 2 is 1.82 bits per heavy atom. The third kappa shape index (κ3) is 4.93. The SMILES string of the molecule is COc1cccc(CC2(CCC(=O)N(C)CCC34CC5CC(CC(C5)C3)C4)CCC(=O)N2)c1. The van der Waals surface area contributed by atoms with E-state index in [9.17, 15) is 9.59 Å². The molecule has 4 bridgehead atoms. The molecule has 0 spiro atoms. The molecule has 1 heterocycles. The summed E-state index contributed by atoms with van der Waals surface area (Å²) in [5, 5.41) is 3.22. The van der Waals surface area contributed by atoms with Gasteiger partial charge in [0.1, 0.15) is 5.75 Å². The number of hydrogen-bond donors (Lipinski definition) is 1. The number of benzene rings is 1. The second-order valence-corrected chi connectivity index (χ2v) is 11.8. The Morgan fingerprint density at radius 1 is 1.12 bits per heavy atom. The van der Waals surface area contributed by atoms with Crippen LogP contribution < -0.4 is 10.1 Å². The first kappa shape index (κ1) is 22.7. The lowest BCUT2D eigenvalue weighted by Gasteiger charge is -2.57. The molecule has 180 valence electrons. The minimum atomic E-state index is -0.333. The van der Waals surface area contributed by atoms with Gasteiger partial charge in [-0.15, -0.1) is 0 Å². The molecule has 1 unspecified atom stereocenters. The molecule has 0 radical (unpaired) electrons. The molecule has 1 N–H and O–H groups in total. The minimum Gasteiger partial charge on any atom is -0.497 e. The summed E-state index contributed by atoms with van der Waals surface area (Å²) in [7, 11) is 3.65. The molecule has 1 atom stereocenters. The van der Waals surface area contributed by atoms with E-state index in [1.165, 1.54) is 44.9 Å². The molecule has 5 aliphatic rings. The number of carbonyl (C=O) groups is 2. The molecule has 1 aromatic rings. The zero-order chi connectivity index (χ0) is 23.1. The fourth-order valence-corrected chi connectivity index (χ4v) is 8.02. The van der Waals surface area contributed by atoms with Crippen molar-refractivity contribution in [1.29, 1.82) is 0 Å². The van der Waals surface area contributed by atoms with Gasteiger partial charge >= 0.3 is 0 Å². The standard InChI is InChI=1S/C28H40N2O3/c1-30(11-10-27-16-21-12-22(17-27)14-23(13-21)18-27)26(32)7-9-28(8-6-25(31)29-28)19-20-4-3-5-24(15-20)33-2/h3-5,15,21-23H,6-14,16-19H2,1-2H3,(H,29,31). The molecule has 2 amide bonds. The van der Waals surface area contributed by atoms with Crippen LogP contribution in [0.15, 0.2) is 24.3 Å². The van der Waals surface area contributed by atoms with Crippen molar-refractivity contribution < 1.29 is 14.3 Å². The first-order valence-electron chi connectivity index (χ1n) is 13.0. The van der Waals surface area contributed by atoms with Crippen LogP contribution in [-0.4, -0.2) is 43.0 Å². The van der Waals surface area contributed by atoms with Gasteiger partial charge in [0, 0.05) is 32.0 Å². The highest BCUT2D eigenvalue weighted by Gasteiger charge is 2.50. The molecule has 6 rings (SSSR count). The van der Waals surface area contributed by atoms with Crippen LogP contribution in [0, 0.1) is 23.2 Å². The molecule has 5 nitrogen and oxygen atoms in total. The van der Waals surface area contributed by atoms with E-state index in [-0.39, 0.29) is 17.4 Å². The number of nitrogens with zero attached hydrogens (tertiary/aromatic N) is 1. The van der Waals surface area contributed by atoms with E-state index in [1.807, 2.05) is 30.1 Å². The van der Waals surface area contributed by atoms with Crippen molar-refractivity contribution >= 4 is 11.8 Å². The molecule has 5 heteroatoms. The molecule has 33 heavy (non-hydrogen) atoms. The van der Waals surface area contributed by atoms with Crippen molar-refractivity contribution in [3.8, 4) is 5.75 Å². The zero-order valence-electron chi connectivity index (χ0n) is 20.4. The Balaban J connectivity index is 1.16. The summed E-state index contributed by atoms with van der Waals surface area (Å²) in [5.41, 5.74) is 1.31. The second-order valence-electron chi connectivity index (χ2n) is 11.8. The average Bonchev–Trinajstić information content (AvgIpc) is 3.15. The van der Waals surface area contributed by atoms with Crippen LogP contribution in [-0.2, 0) is 16.0 Å². The van der Waals surface area contributed by atoms with Gasteiger partial charge in [-0.25, -0.2) is 0 Å². The van der Waals surface area contributed by atoms with Crippen molar-refractivity contribution in [2.45, 2.75) is 82.6 Å². The first-order chi connectivity index (χ1) is 15.9. The van der Waals surface area contributed by atoms with Crippen molar-refractivity contribution in [2.24, 2.45) is 23.2 Å². The zero-order valence-corrected chi connectivity index (χ0v) is 20.4. The molecule has 4 saturated carbocycles. The molecular formula is C28H40N2O3. The number of nitrogens with one attached hydrogen (secondary N) is 1. The number of rotatable bonds is 9. The van der Waals surface area contributed by atoms with Crippen LogP contribution in [0.5, 0.6) is 5.75 Å². The molecule has 5 fully saturated rings. The lowest BCUT2D eigenvalue weighted by atomic mass is 9.49. The largest absolute Gasteiger partial charge is 0.497 e. The summed E-state index contributed by atoms with van der Waals surface area (Å²) in [5.74, 6) is 4.01. The van der Waals surface area contributed by atoms with Gasteiger partial charge in [-0.1, -0.05) is 12.1 Å². The lowest BCUT2D eigenvalue weighted by molar-refractivity contribution is -0.131. The summed E-state index contributed by atoms with van der Waals surface area (Å²) in [4.78, 5) is 27.2. The molecule has 1 aliphatic heterocycles. The highest BCUT2D eigenvalue weighted by molar-refractivity contribution is 5.80. The van der Waals surface area contributed by atoms with Crippen molar-refractivity contribution in [1.82, 2.24) is 10.2 Å². The first-order valence-corrected chi connectivity index (χ1v) is 13.0. The number of hydrogen-bond acceptors (Lipinski definition) is 3. The summed E-state index contributed by atoms with van der Waals surface area (Å²) >= 11 is 0. The Morgan fingerprint density at radius 3 is 2.42 bits per heavy atom. The third-order valence-electron chi connectivity index (χ3n) is 9.30. The maximum Gasteiger partial charge on any atom is 0.222 e. The van der Waals surface area contributed by atoms with Gasteiger partial charge in [-0.05, 0) is 105 Å². The summed E-state index contributed by atoms with van der Waals surface area (Å²) in [6, 6.07) is 8.04. The van der Waals surface area contributed by atoms with Crippen LogP contribution in [0.4, 0.5) is 0 Å². The average molecular weight is 453 g/mol. The summed E-state index contributed by atoms with van der Waals surface area (Å²) in [6.07, 6.45) is 13.0. The maximum atomic E-state index is 13.1. The van der Waals surface area contributed by atoms with E-state index in [4.69, 9.17) is 4.74 Å². The molecule has 1 aromatic carbocycles. The van der Waals surface area contributed by atoms with E-state index < -0.39 is 0 Å². The summed E-state index contributed by atoms with van der Waals surface area (Å²) in [6.45, 7) is 0.875. The Bertz CT molecular complexity index is 862. The monoisotopic (exact) mass is 452 g/mol. The number of amides is 2. The van der Waals surface area contributed by atoms with Crippen LogP contribution in [0.25, 0.3) is 0 Å². The van der Waals surface area contributed by atoms with E-state index in [2.05, 4.69) is 11.4 Å². The third-order valence-corrected chi connectivity index (χ3v) is 9.30. The van der Waals surface area contributed by atoms with Gasteiger partial charge in [0.2, 0.25) is 11.8 Å². The van der Waals surface area contributed by atoms with Gasteiger partial charge < -0.3 is 15.0 Å². The molecular weight excluding hydrogens is 412 g/mol. The number of methoxy groups -OCH3 is 1. The van der Waals surface area contributed by atoms with E-state index >= 15 is 0 Å². The molecule has 4 aliphatic carbocycles. The van der Waals surface area contributed by atoms with Gasteiger partial charge in [0.05, 0.1) is 7.11 Å². The molecule has 1 saturated heterocycles. The van der Waals surface area contributed by atoms with E-state index in [1.54, 1.807) is 7.11 Å². The van der Waals surface area contributed by atoms with Crippen LogP contribution in [0.3, 0.4) is 0 Å². The van der Waals surface area contributed by atoms with Crippen molar-refractivity contribution in [3.63, 3.8) is 0 Å². The Labute approximate surface area is 198 Å². The molecule has 0 aromatic heterocycles. The Hall–Kier alpha value is -2.04. The topological polar surface area (TPSA) is 58.6 Å². The van der Waals surface area contributed by atoms with Crippen LogP contribution in [0.2, 0.25) is 0 Å². The lowest BCUT2D eigenvalue weighted by Crippen LogP contribution is -2.47. The predicted molar refractivity (Wildman–Crippen MR) is 129 cm³/mol. The van der Waals surface area contributed by atoms with E-state index in [0.29, 0.717) is 24.7 Å². The minimum absolute atomic E-state index is 0.0977. The van der Waals surface area contributed by atoms with Gasteiger partial charge in [-0.3, -0.25) is 9.59 Å². The normalized spacial score (nSPS) is 34.4. The number of carbonyl (C=O) groups excluding carboxylic acids is 2. The van der Waals surface area contributed by atoms with Gasteiger partial charge in [-0.2, -0.15) is 0 Å². The quantitative estimate of drug-likeness (QED) is 0.589. The van der Waals surface area contributed by atoms with Crippen LogP contribution >= 0.6 is 0 Å². The van der Waals surface area contributed by atoms with E-state index in [0.717, 1.165) is 48.5 Å². The fourth-order valence-electron chi connectivity index (χ4n) is 8.02. The van der Waals surface area contributed by atoms with Crippen molar-refractivity contribution in [3.05, 3.63) is 29.8 Å². The van der Waals surface area contributed by atoms with Crippen molar-refractivity contribution in [2.75, 3.05) is 20.7 Å². The predicted octanol–water partition coefficient (Wildman–Crippen LogP) is 4.73.